The third-order valence-corrected chi connectivity index (χ3v) is 4.96. The molecule has 6 heteroatoms. The first-order chi connectivity index (χ1) is 13.7. The van der Waals surface area contributed by atoms with Gasteiger partial charge in [0.15, 0.2) is 5.65 Å². The third-order valence-electron chi connectivity index (χ3n) is 4.60. The lowest BCUT2D eigenvalue weighted by Crippen LogP contribution is -2.23. The first kappa shape index (κ1) is 18.2. The Hall–Kier alpha value is -3.18. The normalized spacial score (nSPS) is 10.9. The molecule has 4 aromatic rings. The lowest BCUT2D eigenvalue weighted by molar-refractivity contribution is -0.121. The van der Waals surface area contributed by atoms with E-state index in [1.807, 2.05) is 65.2 Å². The number of nitrogens with zero attached hydrogens (tertiary/aromatic N) is 3. The van der Waals surface area contributed by atoms with Crippen molar-refractivity contribution in [2.75, 3.05) is 0 Å². The largest absolute Gasteiger partial charge is 0.352 e. The van der Waals surface area contributed by atoms with Gasteiger partial charge in [-0.15, -0.1) is 0 Å². The Morgan fingerprint density at radius 2 is 1.82 bits per heavy atom. The van der Waals surface area contributed by atoms with Crippen LogP contribution < -0.4 is 5.32 Å². The number of amides is 1. The fourth-order valence-corrected chi connectivity index (χ4v) is 3.25. The first-order valence-corrected chi connectivity index (χ1v) is 9.46. The number of aryl methyl sites for hydroxylation is 1. The van der Waals surface area contributed by atoms with E-state index in [4.69, 9.17) is 11.6 Å². The van der Waals surface area contributed by atoms with E-state index in [1.165, 1.54) is 0 Å². The molecule has 1 N–H and O–H groups in total. The molecule has 140 valence electrons. The fourth-order valence-electron chi connectivity index (χ4n) is 3.04. The Balaban J connectivity index is 1.34. The van der Waals surface area contributed by atoms with Crippen LogP contribution in [0, 0.1) is 0 Å². The molecule has 0 aliphatic heterocycles. The highest BCUT2D eigenvalue weighted by atomic mass is 35.5. The molecule has 0 aliphatic carbocycles. The lowest BCUT2D eigenvalue weighted by atomic mass is 10.1. The molecule has 2 heterocycles. The molecule has 0 atom stereocenters. The first-order valence-electron chi connectivity index (χ1n) is 9.08. The molecule has 0 unspecified atom stereocenters. The average molecular weight is 391 g/mol. The summed E-state index contributed by atoms with van der Waals surface area (Å²) in [5.74, 6) is 0.00815. The monoisotopic (exact) mass is 390 g/mol. The summed E-state index contributed by atoms with van der Waals surface area (Å²) in [7, 11) is 0. The quantitative estimate of drug-likeness (QED) is 0.533. The molecule has 28 heavy (non-hydrogen) atoms. The van der Waals surface area contributed by atoms with E-state index in [0.717, 1.165) is 28.0 Å². The smallest absolute Gasteiger partial charge is 0.220 e. The SMILES string of the molecule is O=C(CCc1ccc(-n2cnc3cccnc32)cc1)NCc1ccccc1Cl. The van der Waals surface area contributed by atoms with E-state index in [9.17, 15) is 4.79 Å². The molecule has 0 fully saturated rings. The van der Waals surface area contributed by atoms with Crippen LogP contribution in [-0.2, 0) is 17.8 Å². The molecular weight excluding hydrogens is 372 g/mol. The molecule has 5 nitrogen and oxygen atoms in total. The van der Waals surface area contributed by atoms with Crippen LogP contribution in [0.25, 0.3) is 16.9 Å². The maximum absolute atomic E-state index is 12.1. The van der Waals surface area contributed by atoms with Crippen molar-refractivity contribution in [2.45, 2.75) is 19.4 Å². The van der Waals surface area contributed by atoms with Gasteiger partial charge in [0.2, 0.25) is 5.91 Å². The molecule has 2 aromatic carbocycles. The summed E-state index contributed by atoms with van der Waals surface area (Å²) in [6.45, 7) is 0.443. The van der Waals surface area contributed by atoms with Gasteiger partial charge in [-0.25, -0.2) is 9.97 Å². The molecule has 0 aliphatic rings. The van der Waals surface area contributed by atoms with Crippen molar-refractivity contribution in [3.05, 3.63) is 89.3 Å². The molecule has 2 aromatic heterocycles. The van der Waals surface area contributed by atoms with Gasteiger partial charge in [0, 0.05) is 29.9 Å². The van der Waals surface area contributed by atoms with Gasteiger partial charge in [0.25, 0.3) is 0 Å². The van der Waals surface area contributed by atoms with Crippen LogP contribution in [0.5, 0.6) is 0 Å². The number of carbonyl (C=O) groups is 1. The third kappa shape index (κ3) is 4.05. The molecular formula is C22H19ClN4O. The maximum Gasteiger partial charge on any atom is 0.220 e. The summed E-state index contributed by atoms with van der Waals surface area (Å²) in [6, 6.07) is 19.4. The molecule has 1 amide bonds. The average Bonchev–Trinajstić information content (AvgIpc) is 3.16. The maximum atomic E-state index is 12.1. The zero-order chi connectivity index (χ0) is 19.3. The van der Waals surface area contributed by atoms with Crippen molar-refractivity contribution >= 4 is 28.7 Å². The van der Waals surface area contributed by atoms with E-state index >= 15 is 0 Å². The summed E-state index contributed by atoms with van der Waals surface area (Å²) >= 11 is 6.11. The molecule has 0 spiro atoms. The van der Waals surface area contributed by atoms with Crippen LogP contribution in [0.2, 0.25) is 5.02 Å². The Morgan fingerprint density at radius 3 is 2.64 bits per heavy atom. The van der Waals surface area contributed by atoms with E-state index in [1.54, 1.807) is 12.5 Å². The number of nitrogens with one attached hydrogen (secondary N) is 1. The van der Waals surface area contributed by atoms with E-state index in [-0.39, 0.29) is 5.91 Å². The molecule has 0 saturated carbocycles. The topological polar surface area (TPSA) is 59.8 Å². The van der Waals surface area contributed by atoms with Crippen LogP contribution in [-0.4, -0.2) is 20.4 Å². The minimum absolute atomic E-state index is 0.00815. The van der Waals surface area contributed by atoms with Crippen molar-refractivity contribution in [3.63, 3.8) is 0 Å². The molecule has 4 rings (SSSR count). The number of imidazole rings is 1. The zero-order valence-electron chi connectivity index (χ0n) is 15.2. The van der Waals surface area contributed by atoms with Gasteiger partial charge in [0.1, 0.15) is 11.8 Å². The van der Waals surface area contributed by atoms with Crippen LogP contribution in [0.3, 0.4) is 0 Å². The number of hydrogen-bond acceptors (Lipinski definition) is 3. The predicted molar refractivity (Wildman–Crippen MR) is 110 cm³/mol. The second-order valence-electron chi connectivity index (χ2n) is 6.50. The molecule has 0 bridgehead atoms. The lowest BCUT2D eigenvalue weighted by Gasteiger charge is -2.08. The van der Waals surface area contributed by atoms with Crippen molar-refractivity contribution in [1.82, 2.24) is 19.9 Å². The number of hydrogen-bond donors (Lipinski definition) is 1. The second-order valence-corrected chi connectivity index (χ2v) is 6.90. The minimum Gasteiger partial charge on any atom is -0.352 e. The summed E-state index contributed by atoms with van der Waals surface area (Å²) in [4.78, 5) is 20.9. The highest BCUT2D eigenvalue weighted by molar-refractivity contribution is 6.31. The Morgan fingerprint density at radius 1 is 1.00 bits per heavy atom. The van der Waals surface area contributed by atoms with Crippen LogP contribution in [0.1, 0.15) is 17.5 Å². The zero-order valence-corrected chi connectivity index (χ0v) is 15.9. The number of carbonyl (C=O) groups excluding carboxylic acids is 1. The van der Waals surface area contributed by atoms with Crippen molar-refractivity contribution in [3.8, 4) is 5.69 Å². The number of aromatic nitrogens is 3. The number of rotatable bonds is 6. The molecule has 0 radical (unpaired) electrons. The van der Waals surface area contributed by atoms with Gasteiger partial charge < -0.3 is 5.32 Å². The van der Waals surface area contributed by atoms with Crippen LogP contribution in [0.15, 0.2) is 73.2 Å². The van der Waals surface area contributed by atoms with Gasteiger partial charge in [-0.05, 0) is 47.9 Å². The van der Waals surface area contributed by atoms with Gasteiger partial charge in [-0.2, -0.15) is 0 Å². The Bertz CT molecular complexity index is 1100. The summed E-state index contributed by atoms with van der Waals surface area (Å²) in [5.41, 5.74) is 4.71. The molecule has 0 saturated heterocycles. The number of pyridine rings is 1. The fraction of sp³-hybridized carbons (Fsp3) is 0.136. The predicted octanol–water partition coefficient (Wildman–Crippen LogP) is 4.32. The van der Waals surface area contributed by atoms with Gasteiger partial charge in [0.05, 0.1) is 0 Å². The Kier molecular flexibility index (Phi) is 5.35. The Labute approximate surface area is 168 Å². The van der Waals surface area contributed by atoms with E-state index < -0.39 is 0 Å². The van der Waals surface area contributed by atoms with Crippen LogP contribution >= 0.6 is 11.6 Å². The van der Waals surface area contributed by atoms with E-state index in [0.29, 0.717) is 24.4 Å². The summed E-state index contributed by atoms with van der Waals surface area (Å²) in [6.07, 6.45) is 4.64. The van der Waals surface area contributed by atoms with Gasteiger partial charge in [-0.1, -0.05) is 41.9 Å². The number of benzene rings is 2. The summed E-state index contributed by atoms with van der Waals surface area (Å²) in [5, 5.41) is 3.59. The van der Waals surface area contributed by atoms with Crippen LogP contribution in [0.4, 0.5) is 0 Å². The van der Waals surface area contributed by atoms with Crippen molar-refractivity contribution in [2.24, 2.45) is 0 Å². The number of halogens is 1. The van der Waals surface area contributed by atoms with E-state index in [2.05, 4.69) is 15.3 Å². The van der Waals surface area contributed by atoms with Crippen molar-refractivity contribution < 1.29 is 4.79 Å². The number of fused-ring (bicyclic) bond motifs is 1. The van der Waals surface area contributed by atoms with Crippen molar-refractivity contribution in [1.29, 1.82) is 0 Å². The summed E-state index contributed by atoms with van der Waals surface area (Å²) < 4.78 is 1.95. The van der Waals surface area contributed by atoms with Gasteiger partial charge in [-0.3, -0.25) is 9.36 Å². The van der Waals surface area contributed by atoms with Gasteiger partial charge >= 0.3 is 0 Å². The highest BCUT2D eigenvalue weighted by Gasteiger charge is 2.07. The minimum atomic E-state index is 0.00815. The second kappa shape index (κ2) is 8.23. The standard InChI is InChI=1S/C22H19ClN4O/c23-19-5-2-1-4-17(19)14-25-21(28)12-9-16-7-10-18(11-8-16)27-15-26-20-6-3-13-24-22(20)27/h1-8,10-11,13,15H,9,12,14H2,(H,25,28). The highest BCUT2D eigenvalue weighted by Crippen LogP contribution is 2.17.